The van der Waals surface area contributed by atoms with Crippen LogP contribution < -0.4 is 5.32 Å². The predicted octanol–water partition coefficient (Wildman–Crippen LogP) is 1.11. The zero-order valence-corrected chi connectivity index (χ0v) is 10.3. The lowest BCUT2D eigenvalue weighted by Crippen LogP contribution is -2.09. The fourth-order valence-corrected chi connectivity index (χ4v) is 3.34. The predicted molar refractivity (Wildman–Crippen MR) is 59.8 cm³/mol. The molecule has 2 rings (SSSR count). The first-order valence-electron chi connectivity index (χ1n) is 5.01. The van der Waals surface area contributed by atoms with Crippen molar-refractivity contribution >= 4 is 27.3 Å². The quantitative estimate of drug-likeness (QED) is 0.763. The van der Waals surface area contributed by atoms with Crippen LogP contribution in [0.5, 0.6) is 0 Å². The molecule has 2 heterocycles. The highest BCUT2D eigenvalue weighted by molar-refractivity contribution is 7.91. The van der Waals surface area contributed by atoms with E-state index in [1.807, 2.05) is 6.92 Å². The molecule has 87 valence electrons. The van der Waals surface area contributed by atoms with Crippen LogP contribution in [0.2, 0.25) is 5.28 Å². The minimum atomic E-state index is -3.26. The first-order chi connectivity index (χ1) is 7.54. The Balaban J connectivity index is 2.52. The van der Waals surface area contributed by atoms with Gasteiger partial charge in [-0.3, -0.25) is 5.32 Å². The lowest BCUT2D eigenvalue weighted by Gasteiger charge is -2.06. The van der Waals surface area contributed by atoms with Crippen molar-refractivity contribution < 1.29 is 8.42 Å². The molecule has 0 amide bonds. The van der Waals surface area contributed by atoms with Gasteiger partial charge in [0.15, 0.2) is 15.7 Å². The molecule has 0 aliphatic carbocycles. The zero-order valence-electron chi connectivity index (χ0n) is 8.77. The number of aromatic nitrogens is 2. The lowest BCUT2D eigenvalue weighted by molar-refractivity contribution is 0.598. The van der Waals surface area contributed by atoms with E-state index in [9.17, 15) is 8.42 Å². The number of nitrogens with zero attached hydrogens (tertiary/aromatic N) is 3. The summed E-state index contributed by atoms with van der Waals surface area (Å²) in [4.78, 5) is 7.99. The molecule has 0 saturated heterocycles. The van der Waals surface area contributed by atoms with Crippen LogP contribution in [0, 0.1) is 0 Å². The Kier molecular flexibility index (Phi) is 3.03. The highest BCUT2D eigenvalue weighted by Crippen LogP contribution is 2.31. The molecule has 1 aliphatic heterocycles. The maximum atomic E-state index is 11.8. The summed E-state index contributed by atoms with van der Waals surface area (Å²) < 4.78 is 23.5. The molecule has 1 aromatic rings. The molecule has 0 bridgehead atoms. The van der Waals surface area contributed by atoms with Crippen molar-refractivity contribution in [2.75, 3.05) is 12.3 Å². The topological polar surface area (TPSA) is 74.0 Å². The van der Waals surface area contributed by atoms with E-state index in [0.717, 1.165) is 6.42 Å². The second-order valence-electron chi connectivity index (χ2n) is 3.54. The summed E-state index contributed by atoms with van der Waals surface area (Å²) >= 11 is 5.72. The summed E-state index contributed by atoms with van der Waals surface area (Å²) in [7, 11) is -3.26. The number of aryl methyl sites for hydroxylation is 1. The Hall–Kier alpha value is -0.880. The van der Waals surface area contributed by atoms with Gasteiger partial charge in [-0.15, -0.1) is 0 Å². The Labute approximate surface area is 99.2 Å². The number of sulfone groups is 1. The molecular weight excluding hydrogens is 250 g/mol. The van der Waals surface area contributed by atoms with Crippen LogP contribution in [0.25, 0.3) is 0 Å². The SMILES string of the molecule is CCC[N]c1nc(Cl)nc2c1S(=O)(=O)CC2. The van der Waals surface area contributed by atoms with Crippen LogP contribution in [0.1, 0.15) is 19.0 Å². The van der Waals surface area contributed by atoms with Crippen molar-refractivity contribution in [1.29, 1.82) is 0 Å². The second kappa shape index (κ2) is 4.18. The molecule has 1 aliphatic rings. The van der Waals surface area contributed by atoms with Gasteiger partial charge in [0, 0.05) is 13.0 Å². The van der Waals surface area contributed by atoms with Crippen LogP contribution >= 0.6 is 11.6 Å². The molecule has 0 unspecified atom stereocenters. The van der Waals surface area contributed by atoms with Crippen molar-refractivity contribution in [2.45, 2.75) is 24.7 Å². The standard InChI is InChI=1S/C9H11ClN3O2S/c1-2-4-11-8-7-6(12-9(10)13-8)3-5-16(7,14)15/h2-5H2,1H3. The van der Waals surface area contributed by atoms with Crippen LogP contribution in [0.3, 0.4) is 0 Å². The van der Waals surface area contributed by atoms with Crippen molar-refractivity contribution in [1.82, 2.24) is 15.3 Å². The minimum Gasteiger partial charge on any atom is -0.265 e. The number of hydrogen-bond donors (Lipinski definition) is 0. The summed E-state index contributed by atoms with van der Waals surface area (Å²) in [5.41, 5.74) is 0.495. The van der Waals surface area contributed by atoms with Gasteiger partial charge in [0.2, 0.25) is 5.28 Å². The molecule has 5 nitrogen and oxygen atoms in total. The molecule has 0 atom stereocenters. The molecule has 1 aromatic heterocycles. The Morgan fingerprint density at radius 2 is 2.19 bits per heavy atom. The number of fused-ring (bicyclic) bond motifs is 1. The molecule has 16 heavy (non-hydrogen) atoms. The molecule has 0 saturated carbocycles. The fourth-order valence-electron chi connectivity index (χ4n) is 1.60. The normalized spacial score (nSPS) is 17.1. The van der Waals surface area contributed by atoms with E-state index in [0.29, 0.717) is 18.7 Å². The van der Waals surface area contributed by atoms with E-state index < -0.39 is 9.84 Å². The van der Waals surface area contributed by atoms with Crippen molar-refractivity contribution in [3.05, 3.63) is 11.0 Å². The molecular formula is C9H11ClN3O2S. The van der Waals surface area contributed by atoms with E-state index in [1.165, 1.54) is 0 Å². The number of halogens is 1. The van der Waals surface area contributed by atoms with Gasteiger partial charge in [-0.05, 0) is 18.0 Å². The monoisotopic (exact) mass is 260 g/mol. The Morgan fingerprint density at radius 1 is 1.44 bits per heavy atom. The van der Waals surface area contributed by atoms with Crippen LogP contribution in [-0.4, -0.2) is 30.7 Å². The van der Waals surface area contributed by atoms with Crippen LogP contribution in [0.15, 0.2) is 4.90 Å². The third-order valence-electron chi connectivity index (χ3n) is 2.29. The van der Waals surface area contributed by atoms with Gasteiger partial charge >= 0.3 is 0 Å². The first kappa shape index (κ1) is 11.6. The zero-order chi connectivity index (χ0) is 11.8. The summed E-state index contributed by atoms with van der Waals surface area (Å²) in [5.74, 6) is 0.292. The van der Waals surface area contributed by atoms with Gasteiger partial charge in [-0.2, -0.15) is 4.98 Å². The second-order valence-corrected chi connectivity index (χ2v) is 5.93. The van der Waals surface area contributed by atoms with Crippen LogP contribution in [-0.2, 0) is 16.3 Å². The number of rotatable bonds is 3. The average molecular weight is 261 g/mol. The van der Waals surface area contributed by atoms with E-state index in [-0.39, 0.29) is 21.7 Å². The third-order valence-corrected chi connectivity index (χ3v) is 4.25. The largest absolute Gasteiger partial charge is 0.265 e. The summed E-state index contributed by atoms with van der Waals surface area (Å²) in [6.07, 6.45) is 1.23. The van der Waals surface area contributed by atoms with Gasteiger partial charge in [0.05, 0.1) is 11.4 Å². The highest BCUT2D eigenvalue weighted by Gasteiger charge is 2.32. The molecule has 0 spiro atoms. The lowest BCUT2D eigenvalue weighted by atomic mass is 10.3. The number of hydrogen-bond acceptors (Lipinski definition) is 4. The molecule has 7 heteroatoms. The summed E-state index contributed by atoms with van der Waals surface area (Å²) in [6.45, 7) is 2.50. The third kappa shape index (κ3) is 1.99. The highest BCUT2D eigenvalue weighted by atomic mass is 35.5. The van der Waals surface area contributed by atoms with Gasteiger partial charge < -0.3 is 0 Å². The summed E-state index contributed by atoms with van der Waals surface area (Å²) in [5, 5.41) is 4.20. The van der Waals surface area contributed by atoms with E-state index in [4.69, 9.17) is 11.6 Å². The van der Waals surface area contributed by atoms with Crippen molar-refractivity contribution in [3.63, 3.8) is 0 Å². The summed E-state index contributed by atoms with van der Waals surface area (Å²) in [6, 6.07) is 0. The van der Waals surface area contributed by atoms with Crippen molar-refractivity contribution in [3.8, 4) is 0 Å². The Morgan fingerprint density at radius 3 is 2.88 bits per heavy atom. The van der Waals surface area contributed by atoms with Gasteiger partial charge in [-0.1, -0.05) is 6.92 Å². The van der Waals surface area contributed by atoms with E-state index in [1.54, 1.807) is 0 Å². The molecule has 0 aromatic carbocycles. The van der Waals surface area contributed by atoms with Gasteiger partial charge in [-0.25, -0.2) is 13.4 Å². The average Bonchev–Trinajstić information content (AvgIpc) is 2.51. The molecule has 1 radical (unpaired) electrons. The van der Waals surface area contributed by atoms with E-state index in [2.05, 4.69) is 15.3 Å². The Bertz CT molecular complexity index is 516. The van der Waals surface area contributed by atoms with E-state index >= 15 is 0 Å². The van der Waals surface area contributed by atoms with Crippen molar-refractivity contribution in [2.24, 2.45) is 0 Å². The first-order valence-corrected chi connectivity index (χ1v) is 7.04. The molecule has 0 N–H and O–H groups in total. The van der Waals surface area contributed by atoms with Gasteiger partial charge in [0.1, 0.15) is 4.90 Å². The fraction of sp³-hybridized carbons (Fsp3) is 0.556. The maximum absolute atomic E-state index is 11.8. The molecule has 0 fully saturated rings. The maximum Gasteiger partial charge on any atom is 0.224 e. The van der Waals surface area contributed by atoms with Gasteiger partial charge in [0.25, 0.3) is 0 Å². The van der Waals surface area contributed by atoms with Crippen LogP contribution in [0.4, 0.5) is 5.82 Å². The smallest absolute Gasteiger partial charge is 0.224 e. The minimum absolute atomic E-state index is 0.0608.